The predicted molar refractivity (Wildman–Crippen MR) is 76.3 cm³/mol. The normalized spacial score (nSPS) is 35.1. The minimum atomic E-state index is -0.711. The molecule has 0 bridgehead atoms. The molecule has 2 aliphatic rings. The predicted octanol–water partition coefficient (Wildman–Crippen LogP) is 2.23. The van der Waals surface area contributed by atoms with Gasteiger partial charge in [0.05, 0.1) is 0 Å². The first-order valence-electron chi connectivity index (χ1n) is 7.55. The number of hydrogen-bond acceptors (Lipinski definition) is 3. The van der Waals surface area contributed by atoms with E-state index in [1.54, 1.807) is 0 Å². The third kappa shape index (κ3) is 2.79. The van der Waals surface area contributed by atoms with Crippen LogP contribution in [0.25, 0.3) is 0 Å². The molecule has 0 aromatic heterocycles. The van der Waals surface area contributed by atoms with Crippen molar-refractivity contribution in [3.8, 4) is 0 Å². The Morgan fingerprint density at radius 2 is 2.05 bits per heavy atom. The first kappa shape index (κ1) is 14.8. The van der Waals surface area contributed by atoms with E-state index in [0.29, 0.717) is 6.04 Å². The summed E-state index contributed by atoms with van der Waals surface area (Å²) in [5.74, 6) is -0.680. The zero-order chi connectivity index (χ0) is 14.3. The second-order valence-electron chi connectivity index (χ2n) is 7.19. The van der Waals surface area contributed by atoms with Crippen molar-refractivity contribution in [3.63, 3.8) is 0 Å². The van der Waals surface area contributed by atoms with Gasteiger partial charge in [-0.2, -0.15) is 0 Å². The summed E-state index contributed by atoms with van der Waals surface area (Å²) in [4.78, 5) is 14.2. The molecule has 1 aliphatic heterocycles. The van der Waals surface area contributed by atoms with E-state index in [1.807, 2.05) is 13.8 Å². The number of carbonyl (C=O) groups is 1. The SMILES string of the molecule is CC(C)NC1(C(=O)O)CCC(N2CCCC2(C)C)C1. The summed E-state index contributed by atoms with van der Waals surface area (Å²) in [5, 5.41) is 12.9. The van der Waals surface area contributed by atoms with Gasteiger partial charge in [-0.25, -0.2) is 0 Å². The highest BCUT2D eigenvalue weighted by molar-refractivity contribution is 5.79. The Kier molecular flexibility index (Phi) is 3.94. The Hall–Kier alpha value is -0.610. The van der Waals surface area contributed by atoms with Crippen LogP contribution in [0, 0.1) is 0 Å². The van der Waals surface area contributed by atoms with Crippen LogP contribution in [0.5, 0.6) is 0 Å². The third-order valence-corrected chi connectivity index (χ3v) is 4.87. The molecule has 2 atom stereocenters. The van der Waals surface area contributed by atoms with E-state index >= 15 is 0 Å². The fraction of sp³-hybridized carbons (Fsp3) is 0.933. The smallest absolute Gasteiger partial charge is 0.323 e. The van der Waals surface area contributed by atoms with Crippen LogP contribution in [-0.4, -0.2) is 45.7 Å². The summed E-state index contributed by atoms with van der Waals surface area (Å²) in [6.45, 7) is 9.75. The van der Waals surface area contributed by atoms with Crippen molar-refractivity contribution in [2.45, 2.75) is 83.0 Å². The molecule has 1 saturated heterocycles. The van der Waals surface area contributed by atoms with Crippen LogP contribution in [0.4, 0.5) is 0 Å². The van der Waals surface area contributed by atoms with Gasteiger partial charge >= 0.3 is 5.97 Å². The third-order valence-electron chi connectivity index (χ3n) is 4.87. The molecule has 19 heavy (non-hydrogen) atoms. The minimum Gasteiger partial charge on any atom is -0.480 e. The van der Waals surface area contributed by atoms with Gasteiger partial charge in [0.15, 0.2) is 0 Å². The van der Waals surface area contributed by atoms with E-state index in [2.05, 4.69) is 24.1 Å². The van der Waals surface area contributed by atoms with Crippen LogP contribution in [0.2, 0.25) is 0 Å². The molecule has 4 nitrogen and oxygen atoms in total. The summed E-state index contributed by atoms with van der Waals surface area (Å²) in [6.07, 6.45) is 4.94. The lowest BCUT2D eigenvalue weighted by molar-refractivity contribution is -0.145. The average molecular weight is 268 g/mol. The van der Waals surface area contributed by atoms with Crippen LogP contribution in [0.3, 0.4) is 0 Å². The van der Waals surface area contributed by atoms with Crippen molar-refractivity contribution in [1.29, 1.82) is 0 Å². The molecule has 0 aromatic rings. The molecule has 0 aromatic carbocycles. The standard InChI is InChI=1S/C15H28N2O2/c1-11(2)16-15(13(18)19)8-6-12(10-15)17-9-5-7-14(17,3)4/h11-12,16H,5-10H2,1-4H3,(H,18,19). The second kappa shape index (κ2) is 5.06. The zero-order valence-corrected chi connectivity index (χ0v) is 12.7. The molecule has 0 radical (unpaired) electrons. The van der Waals surface area contributed by atoms with Gasteiger partial charge in [0.2, 0.25) is 0 Å². The Morgan fingerprint density at radius 3 is 2.53 bits per heavy atom. The molecular formula is C15H28N2O2. The quantitative estimate of drug-likeness (QED) is 0.821. The topological polar surface area (TPSA) is 52.6 Å². The highest BCUT2D eigenvalue weighted by atomic mass is 16.4. The minimum absolute atomic E-state index is 0.210. The van der Waals surface area contributed by atoms with Crippen molar-refractivity contribution < 1.29 is 9.90 Å². The van der Waals surface area contributed by atoms with Gasteiger partial charge < -0.3 is 5.11 Å². The van der Waals surface area contributed by atoms with Crippen molar-refractivity contribution in [3.05, 3.63) is 0 Å². The number of carboxylic acids is 1. The summed E-state index contributed by atoms with van der Waals surface area (Å²) in [6, 6.07) is 0.626. The van der Waals surface area contributed by atoms with Crippen molar-refractivity contribution in [2.75, 3.05) is 6.54 Å². The molecule has 1 saturated carbocycles. The summed E-state index contributed by atoms with van der Waals surface area (Å²) < 4.78 is 0. The lowest BCUT2D eigenvalue weighted by atomic mass is 9.95. The number of carboxylic acid groups (broad SMARTS) is 1. The first-order chi connectivity index (χ1) is 8.77. The van der Waals surface area contributed by atoms with E-state index in [9.17, 15) is 9.90 Å². The van der Waals surface area contributed by atoms with Crippen LogP contribution in [-0.2, 0) is 4.79 Å². The van der Waals surface area contributed by atoms with Crippen LogP contribution in [0.1, 0.15) is 59.8 Å². The Morgan fingerprint density at radius 1 is 1.37 bits per heavy atom. The summed E-state index contributed by atoms with van der Waals surface area (Å²) in [5.41, 5.74) is -0.478. The lowest BCUT2D eigenvalue weighted by Gasteiger charge is -2.37. The fourth-order valence-electron chi connectivity index (χ4n) is 4.03. The van der Waals surface area contributed by atoms with Gasteiger partial charge in [0.25, 0.3) is 0 Å². The van der Waals surface area contributed by atoms with Gasteiger partial charge in [-0.3, -0.25) is 15.0 Å². The van der Waals surface area contributed by atoms with Crippen LogP contribution < -0.4 is 5.32 Å². The van der Waals surface area contributed by atoms with Gasteiger partial charge in [0, 0.05) is 17.6 Å². The zero-order valence-electron chi connectivity index (χ0n) is 12.7. The highest BCUT2D eigenvalue weighted by Crippen LogP contribution is 2.40. The molecule has 110 valence electrons. The number of rotatable bonds is 4. The van der Waals surface area contributed by atoms with Crippen LogP contribution in [0.15, 0.2) is 0 Å². The maximum Gasteiger partial charge on any atom is 0.323 e. The van der Waals surface area contributed by atoms with Gasteiger partial charge in [-0.15, -0.1) is 0 Å². The number of nitrogens with one attached hydrogen (secondary N) is 1. The van der Waals surface area contributed by atoms with E-state index < -0.39 is 11.5 Å². The molecule has 1 heterocycles. The maximum absolute atomic E-state index is 11.7. The van der Waals surface area contributed by atoms with Gasteiger partial charge in [-0.05, 0) is 66.3 Å². The Balaban J connectivity index is 2.11. The average Bonchev–Trinajstić information content (AvgIpc) is 2.81. The molecule has 4 heteroatoms. The number of likely N-dealkylation sites (tertiary alicyclic amines) is 1. The second-order valence-corrected chi connectivity index (χ2v) is 7.19. The summed E-state index contributed by atoms with van der Waals surface area (Å²) >= 11 is 0. The van der Waals surface area contributed by atoms with Crippen molar-refractivity contribution >= 4 is 5.97 Å². The molecular weight excluding hydrogens is 240 g/mol. The van der Waals surface area contributed by atoms with Crippen molar-refractivity contribution in [2.24, 2.45) is 0 Å². The van der Waals surface area contributed by atoms with Crippen molar-refractivity contribution in [1.82, 2.24) is 10.2 Å². The molecule has 0 amide bonds. The summed E-state index contributed by atoms with van der Waals surface area (Å²) in [7, 11) is 0. The van der Waals surface area contributed by atoms with Gasteiger partial charge in [0.1, 0.15) is 5.54 Å². The Bertz CT molecular complexity index is 354. The van der Waals surface area contributed by atoms with E-state index in [1.165, 1.54) is 12.8 Å². The van der Waals surface area contributed by atoms with E-state index in [-0.39, 0.29) is 11.6 Å². The molecule has 1 aliphatic carbocycles. The first-order valence-corrected chi connectivity index (χ1v) is 7.55. The monoisotopic (exact) mass is 268 g/mol. The van der Waals surface area contributed by atoms with E-state index in [4.69, 9.17) is 0 Å². The molecule has 2 unspecified atom stereocenters. The lowest BCUT2D eigenvalue weighted by Crippen LogP contribution is -2.54. The van der Waals surface area contributed by atoms with Crippen LogP contribution >= 0.6 is 0 Å². The van der Waals surface area contributed by atoms with E-state index in [0.717, 1.165) is 25.8 Å². The largest absolute Gasteiger partial charge is 0.480 e. The maximum atomic E-state index is 11.7. The number of nitrogens with zero attached hydrogens (tertiary/aromatic N) is 1. The van der Waals surface area contributed by atoms with Gasteiger partial charge in [-0.1, -0.05) is 0 Å². The molecule has 2 N–H and O–H groups in total. The number of hydrogen-bond donors (Lipinski definition) is 2. The highest BCUT2D eigenvalue weighted by Gasteiger charge is 2.49. The Labute approximate surface area is 116 Å². The molecule has 0 spiro atoms. The molecule has 2 rings (SSSR count). The number of aliphatic carboxylic acids is 1. The fourth-order valence-corrected chi connectivity index (χ4v) is 4.03. The molecule has 2 fully saturated rings.